The minimum atomic E-state index is -0.465. The zero-order valence-corrected chi connectivity index (χ0v) is 13.4. The Kier molecular flexibility index (Phi) is 4.18. The molecule has 1 aromatic carbocycles. The summed E-state index contributed by atoms with van der Waals surface area (Å²) in [5, 5.41) is 11.6. The van der Waals surface area contributed by atoms with Crippen molar-refractivity contribution in [1.29, 1.82) is 0 Å². The van der Waals surface area contributed by atoms with Gasteiger partial charge in [-0.3, -0.25) is 19.9 Å². The molecule has 0 radical (unpaired) electrons. The molecule has 0 bridgehead atoms. The summed E-state index contributed by atoms with van der Waals surface area (Å²) in [4.78, 5) is 33.9. The highest BCUT2D eigenvalue weighted by atomic mass is 16.6. The van der Waals surface area contributed by atoms with Crippen molar-refractivity contribution in [1.82, 2.24) is 14.9 Å². The van der Waals surface area contributed by atoms with Crippen molar-refractivity contribution in [2.24, 2.45) is 0 Å². The summed E-state index contributed by atoms with van der Waals surface area (Å²) in [6.45, 7) is 0.604. The van der Waals surface area contributed by atoms with Crippen LogP contribution in [0.1, 0.15) is 16.8 Å². The van der Waals surface area contributed by atoms with Crippen molar-refractivity contribution in [2.45, 2.75) is 6.42 Å². The predicted molar refractivity (Wildman–Crippen MR) is 91.2 cm³/mol. The van der Waals surface area contributed by atoms with Gasteiger partial charge in [-0.15, -0.1) is 0 Å². The lowest BCUT2D eigenvalue weighted by Crippen LogP contribution is -2.17. The third-order valence-electron chi connectivity index (χ3n) is 3.81. The summed E-state index contributed by atoms with van der Waals surface area (Å²) in [7, 11) is 3.78. The molecule has 0 aliphatic rings. The van der Waals surface area contributed by atoms with Gasteiger partial charge in [-0.2, -0.15) is 0 Å². The number of Topliss-reactive ketones (excluding diaryl/α,β-unsaturated/α-hetero) is 1. The van der Waals surface area contributed by atoms with Gasteiger partial charge in [0.15, 0.2) is 5.78 Å². The Labute approximate surface area is 138 Å². The minimum absolute atomic E-state index is 0.0748. The van der Waals surface area contributed by atoms with E-state index in [9.17, 15) is 14.9 Å². The first-order valence-corrected chi connectivity index (χ1v) is 7.48. The van der Waals surface area contributed by atoms with Gasteiger partial charge in [0.1, 0.15) is 0 Å². The van der Waals surface area contributed by atoms with Gasteiger partial charge in [-0.05, 0) is 38.4 Å². The average molecular weight is 324 g/mol. The van der Waals surface area contributed by atoms with Gasteiger partial charge >= 0.3 is 0 Å². The first-order chi connectivity index (χ1) is 11.5. The number of nitro groups is 1. The fraction of sp³-hybridized carbons (Fsp3) is 0.235. The Hall–Kier alpha value is -2.93. The molecular formula is C17H16N4O3. The minimum Gasteiger partial charge on any atom is -0.309 e. The lowest BCUT2D eigenvalue weighted by Gasteiger charge is -2.10. The van der Waals surface area contributed by atoms with Crippen molar-refractivity contribution in [2.75, 3.05) is 20.6 Å². The van der Waals surface area contributed by atoms with E-state index in [1.807, 2.05) is 19.0 Å². The van der Waals surface area contributed by atoms with E-state index in [1.165, 1.54) is 12.1 Å². The van der Waals surface area contributed by atoms with Crippen molar-refractivity contribution in [3.63, 3.8) is 0 Å². The summed E-state index contributed by atoms with van der Waals surface area (Å²) in [5.74, 6) is -0.0839. The van der Waals surface area contributed by atoms with Gasteiger partial charge in [0.05, 0.1) is 26.9 Å². The molecule has 24 heavy (non-hydrogen) atoms. The van der Waals surface area contributed by atoms with Crippen LogP contribution in [0.4, 0.5) is 5.69 Å². The molecule has 7 heteroatoms. The van der Waals surface area contributed by atoms with E-state index in [0.717, 1.165) is 0 Å². The van der Waals surface area contributed by atoms with Gasteiger partial charge < -0.3 is 4.90 Å². The lowest BCUT2D eigenvalue weighted by atomic mass is 10.0. The number of aromatic nitrogens is 2. The molecular weight excluding hydrogens is 308 g/mol. The molecule has 0 spiro atoms. The number of hydrogen-bond donors (Lipinski definition) is 0. The Bertz CT molecular complexity index is 953. The fourth-order valence-corrected chi connectivity index (χ4v) is 2.58. The van der Waals surface area contributed by atoms with Crippen molar-refractivity contribution >= 4 is 33.4 Å². The third-order valence-corrected chi connectivity index (χ3v) is 3.81. The van der Waals surface area contributed by atoms with Crippen LogP contribution in [0.15, 0.2) is 36.5 Å². The van der Waals surface area contributed by atoms with Crippen LogP contribution < -0.4 is 0 Å². The van der Waals surface area contributed by atoms with E-state index in [4.69, 9.17) is 0 Å². The number of nitro benzene ring substituents is 1. The zero-order chi connectivity index (χ0) is 17.3. The maximum absolute atomic E-state index is 12.5. The number of pyridine rings is 2. The molecule has 0 N–H and O–H groups in total. The van der Waals surface area contributed by atoms with Crippen molar-refractivity contribution < 1.29 is 9.72 Å². The Balaban J connectivity index is 2.23. The molecule has 0 saturated heterocycles. The van der Waals surface area contributed by atoms with Gasteiger partial charge in [0, 0.05) is 30.8 Å². The number of carbonyl (C=O) groups is 1. The van der Waals surface area contributed by atoms with Crippen LogP contribution in [0.3, 0.4) is 0 Å². The molecule has 2 aromatic heterocycles. The van der Waals surface area contributed by atoms with Crippen LogP contribution >= 0.6 is 0 Å². The number of hydrogen-bond acceptors (Lipinski definition) is 6. The highest BCUT2D eigenvalue weighted by Gasteiger charge is 2.20. The quantitative estimate of drug-likeness (QED) is 0.310. The van der Waals surface area contributed by atoms with E-state index in [2.05, 4.69) is 9.97 Å². The van der Waals surface area contributed by atoms with Crippen LogP contribution in [0.2, 0.25) is 0 Å². The van der Waals surface area contributed by atoms with Gasteiger partial charge in [-0.25, -0.2) is 4.98 Å². The molecule has 3 rings (SSSR count). The molecule has 7 nitrogen and oxygen atoms in total. The molecule has 0 aliphatic heterocycles. The van der Waals surface area contributed by atoms with Crippen LogP contribution in [-0.4, -0.2) is 46.2 Å². The predicted octanol–water partition coefficient (Wildman–Crippen LogP) is 2.83. The second-order valence-electron chi connectivity index (χ2n) is 5.79. The lowest BCUT2D eigenvalue weighted by molar-refractivity contribution is -0.383. The number of nitrogens with zero attached hydrogens (tertiary/aromatic N) is 4. The summed E-state index contributed by atoms with van der Waals surface area (Å²) in [5.41, 5.74) is 1.85. The first-order valence-electron chi connectivity index (χ1n) is 7.48. The second kappa shape index (κ2) is 6.29. The second-order valence-corrected chi connectivity index (χ2v) is 5.79. The van der Waals surface area contributed by atoms with Crippen LogP contribution in [0, 0.1) is 10.1 Å². The Morgan fingerprint density at radius 2 is 2.04 bits per heavy atom. The molecule has 2 heterocycles. The molecule has 0 unspecified atom stereocenters. The monoisotopic (exact) mass is 324 g/mol. The summed E-state index contributed by atoms with van der Waals surface area (Å²) in [6.07, 6.45) is 1.93. The van der Waals surface area contributed by atoms with E-state index in [1.54, 1.807) is 24.4 Å². The molecule has 122 valence electrons. The summed E-state index contributed by atoms with van der Waals surface area (Å²) >= 11 is 0. The number of non-ortho nitro benzene ring substituents is 1. The van der Waals surface area contributed by atoms with E-state index >= 15 is 0 Å². The van der Waals surface area contributed by atoms with Gasteiger partial charge in [0.2, 0.25) is 0 Å². The SMILES string of the molecule is CN(C)CCC(=O)c1ccc([N+](=O)[O-])c2cc3ncccc3nc12. The molecule has 3 aromatic rings. The first kappa shape index (κ1) is 15.9. The van der Waals surface area contributed by atoms with E-state index in [0.29, 0.717) is 40.5 Å². The average Bonchev–Trinajstić information content (AvgIpc) is 2.56. The molecule has 0 atom stereocenters. The Morgan fingerprint density at radius 1 is 1.25 bits per heavy atom. The molecule has 0 saturated carbocycles. The highest BCUT2D eigenvalue weighted by molar-refractivity contribution is 6.10. The topological polar surface area (TPSA) is 89.2 Å². The van der Waals surface area contributed by atoms with E-state index < -0.39 is 4.92 Å². The number of fused-ring (bicyclic) bond motifs is 2. The number of carbonyl (C=O) groups excluding carboxylic acids is 1. The van der Waals surface area contributed by atoms with Crippen molar-refractivity contribution in [3.8, 4) is 0 Å². The number of benzene rings is 1. The van der Waals surface area contributed by atoms with Crippen LogP contribution in [0.25, 0.3) is 21.9 Å². The maximum Gasteiger partial charge on any atom is 0.278 e. The molecule has 0 aliphatic carbocycles. The normalized spacial score (nSPS) is 11.3. The highest BCUT2D eigenvalue weighted by Crippen LogP contribution is 2.30. The van der Waals surface area contributed by atoms with Gasteiger partial charge in [-0.1, -0.05) is 0 Å². The standard InChI is InChI=1S/C17H16N4O3/c1-20(2)9-7-16(22)11-5-6-15(21(23)24)12-10-14-13(19-17(11)12)4-3-8-18-14/h3-6,8,10H,7,9H2,1-2H3. The number of ketones is 1. The Morgan fingerprint density at radius 3 is 2.75 bits per heavy atom. The van der Waals surface area contributed by atoms with E-state index in [-0.39, 0.29) is 11.5 Å². The summed E-state index contributed by atoms with van der Waals surface area (Å²) < 4.78 is 0. The maximum atomic E-state index is 12.5. The molecule has 0 fully saturated rings. The van der Waals surface area contributed by atoms with Crippen LogP contribution in [0.5, 0.6) is 0 Å². The fourth-order valence-electron chi connectivity index (χ4n) is 2.58. The van der Waals surface area contributed by atoms with Gasteiger partial charge in [0.25, 0.3) is 5.69 Å². The summed E-state index contributed by atoms with van der Waals surface area (Å²) in [6, 6.07) is 7.99. The third kappa shape index (κ3) is 2.93. The zero-order valence-electron chi connectivity index (χ0n) is 13.4. The largest absolute Gasteiger partial charge is 0.309 e. The smallest absolute Gasteiger partial charge is 0.278 e. The molecule has 0 amide bonds. The van der Waals surface area contributed by atoms with Crippen LogP contribution in [-0.2, 0) is 0 Å². The number of rotatable bonds is 5. The van der Waals surface area contributed by atoms with Crippen molar-refractivity contribution in [3.05, 3.63) is 52.2 Å².